The average Bonchev–Trinajstić information content (AvgIpc) is 2.73. The first kappa shape index (κ1) is 16.0. The fourth-order valence-corrected chi connectivity index (χ4v) is 2.79. The number of carbonyl (C=O) groups is 2. The minimum absolute atomic E-state index is 0.202. The van der Waals surface area contributed by atoms with Gasteiger partial charge >= 0.3 is 5.97 Å². The first-order valence-electron chi connectivity index (χ1n) is 6.09. The van der Waals surface area contributed by atoms with Crippen molar-refractivity contribution < 1.29 is 14.7 Å². The van der Waals surface area contributed by atoms with Gasteiger partial charge in [0.25, 0.3) is 0 Å². The number of amides is 1. The van der Waals surface area contributed by atoms with Crippen molar-refractivity contribution in [2.24, 2.45) is 5.92 Å². The van der Waals surface area contributed by atoms with Gasteiger partial charge in [0.2, 0.25) is 5.91 Å². The monoisotopic (exact) mass is 303 g/mol. The van der Waals surface area contributed by atoms with Crippen molar-refractivity contribution in [3.05, 3.63) is 21.3 Å². The van der Waals surface area contributed by atoms with E-state index in [1.54, 1.807) is 19.1 Å². The number of hydrogen-bond donors (Lipinski definition) is 2. The molecule has 0 aliphatic carbocycles. The van der Waals surface area contributed by atoms with Crippen LogP contribution in [0.2, 0.25) is 4.34 Å². The minimum Gasteiger partial charge on any atom is -0.480 e. The van der Waals surface area contributed by atoms with Gasteiger partial charge < -0.3 is 10.4 Å². The van der Waals surface area contributed by atoms with Gasteiger partial charge in [-0.25, -0.2) is 4.79 Å². The summed E-state index contributed by atoms with van der Waals surface area (Å²) in [5.41, 5.74) is 0. The van der Waals surface area contributed by atoms with Crippen LogP contribution in [0.5, 0.6) is 0 Å². The van der Waals surface area contributed by atoms with Gasteiger partial charge in [0.15, 0.2) is 0 Å². The molecule has 1 unspecified atom stereocenters. The van der Waals surface area contributed by atoms with Crippen LogP contribution in [0.25, 0.3) is 0 Å². The molecule has 0 aliphatic rings. The molecule has 1 rings (SSSR count). The third kappa shape index (κ3) is 4.84. The Kier molecular flexibility index (Phi) is 5.82. The van der Waals surface area contributed by atoms with Crippen molar-refractivity contribution in [2.45, 2.75) is 39.2 Å². The molecule has 0 aromatic carbocycles. The summed E-state index contributed by atoms with van der Waals surface area (Å²) in [6.45, 7) is 5.58. The van der Waals surface area contributed by atoms with Gasteiger partial charge in [0.05, 0.1) is 10.3 Å². The van der Waals surface area contributed by atoms with Gasteiger partial charge in [-0.2, -0.15) is 0 Å². The highest BCUT2D eigenvalue weighted by Crippen LogP contribution is 2.28. The maximum absolute atomic E-state index is 12.0. The Morgan fingerprint density at radius 2 is 2.00 bits per heavy atom. The number of carboxylic acid groups (broad SMARTS) is 1. The molecule has 0 spiro atoms. The summed E-state index contributed by atoms with van der Waals surface area (Å²) in [5, 5.41) is 11.7. The molecule has 4 nitrogen and oxygen atoms in total. The fraction of sp³-hybridized carbons (Fsp3) is 0.538. The van der Waals surface area contributed by atoms with Crippen LogP contribution in [0.4, 0.5) is 0 Å². The molecule has 0 aliphatic heterocycles. The zero-order valence-electron chi connectivity index (χ0n) is 11.1. The van der Waals surface area contributed by atoms with Crippen molar-refractivity contribution in [1.82, 2.24) is 5.32 Å². The molecule has 2 atom stereocenters. The highest BCUT2D eigenvalue weighted by atomic mass is 35.5. The maximum Gasteiger partial charge on any atom is 0.326 e. The Labute approximate surface area is 121 Å². The number of nitrogens with one attached hydrogen (secondary N) is 1. The molecule has 106 valence electrons. The lowest BCUT2D eigenvalue weighted by atomic mass is 10.0. The van der Waals surface area contributed by atoms with Gasteiger partial charge in [-0.15, -0.1) is 11.3 Å². The molecule has 1 aromatic heterocycles. The molecule has 1 aromatic rings. The predicted octanol–water partition coefficient (Wildman–Crippen LogP) is 3.12. The van der Waals surface area contributed by atoms with E-state index in [4.69, 9.17) is 16.7 Å². The summed E-state index contributed by atoms with van der Waals surface area (Å²) in [7, 11) is 0. The van der Waals surface area contributed by atoms with E-state index in [-0.39, 0.29) is 11.8 Å². The molecule has 0 radical (unpaired) electrons. The van der Waals surface area contributed by atoms with E-state index in [2.05, 4.69) is 5.32 Å². The van der Waals surface area contributed by atoms with E-state index in [9.17, 15) is 9.59 Å². The second-order valence-electron chi connectivity index (χ2n) is 4.89. The molecule has 1 amide bonds. The second-order valence-corrected chi connectivity index (χ2v) is 6.64. The van der Waals surface area contributed by atoms with Crippen LogP contribution in [0, 0.1) is 5.92 Å². The average molecular weight is 304 g/mol. The van der Waals surface area contributed by atoms with Crippen molar-refractivity contribution in [3.8, 4) is 0 Å². The highest BCUT2D eigenvalue weighted by Gasteiger charge is 2.25. The van der Waals surface area contributed by atoms with Gasteiger partial charge in [-0.05, 0) is 31.4 Å². The summed E-state index contributed by atoms with van der Waals surface area (Å²) >= 11 is 7.16. The predicted molar refractivity (Wildman–Crippen MR) is 76.8 cm³/mol. The molecule has 0 saturated heterocycles. The van der Waals surface area contributed by atoms with Gasteiger partial charge in [0.1, 0.15) is 6.04 Å². The third-order valence-corrected chi connectivity index (χ3v) is 4.15. The molecule has 0 bridgehead atoms. The molecule has 0 fully saturated rings. The van der Waals surface area contributed by atoms with E-state index >= 15 is 0 Å². The quantitative estimate of drug-likeness (QED) is 0.848. The lowest BCUT2D eigenvalue weighted by Gasteiger charge is -2.18. The number of aliphatic carboxylic acids is 1. The van der Waals surface area contributed by atoms with Crippen LogP contribution in [0.1, 0.15) is 38.0 Å². The Morgan fingerprint density at radius 3 is 2.42 bits per heavy atom. The standard InChI is InChI=1S/C13H18ClNO3S/c1-7(2)6-9(13(17)18)15-12(16)8(3)10-4-5-11(14)19-10/h4-5,7-9H,6H2,1-3H3,(H,15,16)(H,17,18)/t8?,9-/m1/s1. The van der Waals surface area contributed by atoms with Crippen LogP contribution < -0.4 is 5.32 Å². The summed E-state index contributed by atoms with van der Waals surface area (Å²) < 4.78 is 0.617. The Morgan fingerprint density at radius 1 is 1.37 bits per heavy atom. The minimum atomic E-state index is -1.00. The van der Waals surface area contributed by atoms with E-state index in [0.29, 0.717) is 10.8 Å². The first-order chi connectivity index (χ1) is 8.81. The third-order valence-electron chi connectivity index (χ3n) is 2.74. The van der Waals surface area contributed by atoms with E-state index in [0.717, 1.165) is 4.88 Å². The molecule has 19 heavy (non-hydrogen) atoms. The topological polar surface area (TPSA) is 66.4 Å². The SMILES string of the molecule is CC(C)C[C@@H](NC(=O)C(C)c1ccc(Cl)s1)C(=O)O. The molecular weight excluding hydrogens is 286 g/mol. The number of carbonyl (C=O) groups excluding carboxylic acids is 1. The van der Waals surface area contributed by atoms with E-state index < -0.39 is 17.9 Å². The maximum atomic E-state index is 12.0. The Hall–Kier alpha value is -1.07. The summed E-state index contributed by atoms with van der Waals surface area (Å²) in [4.78, 5) is 24.0. The number of halogens is 1. The van der Waals surface area contributed by atoms with Crippen molar-refractivity contribution in [3.63, 3.8) is 0 Å². The van der Waals surface area contributed by atoms with Crippen LogP contribution in [-0.4, -0.2) is 23.0 Å². The Balaban J connectivity index is 2.68. The van der Waals surface area contributed by atoms with E-state index in [1.807, 2.05) is 13.8 Å². The summed E-state index contributed by atoms with van der Waals surface area (Å²) in [5.74, 6) is -1.48. The van der Waals surface area contributed by atoms with Crippen LogP contribution >= 0.6 is 22.9 Å². The van der Waals surface area contributed by atoms with Crippen molar-refractivity contribution in [2.75, 3.05) is 0 Å². The normalized spacial score (nSPS) is 14.2. The lowest BCUT2D eigenvalue weighted by molar-refractivity contribution is -0.142. The highest BCUT2D eigenvalue weighted by molar-refractivity contribution is 7.16. The molecule has 1 heterocycles. The fourth-order valence-electron chi connectivity index (χ4n) is 1.68. The second kappa shape index (κ2) is 6.91. The van der Waals surface area contributed by atoms with E-state index in [1.165, 1.54) is 11.3 Å². The van der Waals surface area contributed by atoms with Gasteiger partial charge in [-0.3, -0.25) is 4.79 Å². The number of thiophene rings is 1. The largest absolute Gasteiger partial charge is 0.480 e. The zero-order valence-corrected chi connectivity index (χ0v) is 12.7. The first-order valence-corrected chi connectivity index (χ1v) is 7.29. The molecule has 6 heteroatoms. The Bertz CT molecular complexity index is 458. The van der Waals surface area contributed by atoms with Gasteiger partial charge in [-0.1, -0.05) is 25.4 Å². The van der Waals surface area contributed by atoms with Crippen LogP contribution in [-0.2, 0) is 9.59 Å². The molecule has 0 saturated carbocycles. The van der Waals surface area contributed by atoms with Crippen LogP contribution in [0.3, 0.4) is 0 Å². The number of hydrogen-bond acceptors (Lipinski definition) is 3. The number of rotatable bonds is 6. The zero-order chi connectivity index (χ0) is 14.6. The summed E-state index contributed by atoms with van der Waals surface area (Å²) in [6.07, 6.45) is 0.416. The molecule has 2 N–H and O–H groups in total. The lowest BCUT2D eigenvalue weighted by Crippen LogP contribution is -2.43. The summed E-state index contributed by atoms with van der Waals surface area (Å²) in [6, 6.07) is 2.68. The smallest absolute Gasteiger partial charge is 0.326 e. The van der Waals surface area contributed by atoms with Crippen LogP contribution in [0.15, 0.2) is 12.1 Å². The van der Waals surface area contributed by atoms with Gasteiger partial charge in [0, 0.05) is 4.88 Å². The van der Waals surface area contributed by atoms with Crippen molar-refractivity contribution >= 4 is 34.8 Å². The molecular formula is C13H18ClNO3S. The number of carboxylic acids is 1. The van der Waals surface area contributed by atoms with Crippen molar-refractivity contribution in [1.29, 1.82) is 0 Å².